The second-order valence-corrected chi connectivity index (χ2v) is 2.20. The number of aldehydes is 1. The Hall–Kier alpha value is -1.71. The molecule has 0 aliphatic carbocycles. The quantitative estimate of drug-likeness (QED) is 0.413. The number of carbonyl (C=O) groups excluding carboxylic acids is 2. The van der Waals surface area contributed by atoms with Crippen LogP contribution in [-0.2, 0) is 14.3 Å². The van der Waals surface area contributed by atoms with E-state index in [1.165, 1.54) is 0 Å². The first-order valence-electron chi connectivity index (χ1n) is 4.25. The van der Waals surface area contributed by atoms with Crippen LogP contribution in [0.2, 0.25) is 0 Å². The number of esters is 1. The van der Waals surface area contributed by atoms with Gasteiger partial charge in [-0.1, -0.05) is 6.07 Å². The van der Waals surface area contributed by atoms with Gasteiger partial charge in [0.25, 0.3) is 0 Å². The number of nitrogens with zero attached hydrogens (tertiary/aromatic N) is 1. The molecule has 76 valence electrons. The SMILES string of the molecule is CCOC(=O)CC=O.c1ccncc1. The van der Waals surface area contributed by atoms with Gasteiger partial charge in [-0.2, -0.15) is 0 Å². The van der Waals surface area contributed by atoms with Gasteiger partial charge in [0.2, 0.25) is 0 Å². The van der Waals surface area contributed by atoms with Gasteiger partial charge in [-0.15, -0.1) is 0 Å². The van der Waals surface area contributed by atoms with Crippen molar-refractivity contribution in [3.8, 4) is 0 Å². The summed E-state index contributed by atoms with van der Waals surface area (Å²) in [5, 5.41) is 0. The van der Waals surface area contributed by atoms with Crippen LogP contribution in [0.4, 0.5) is 0 Å². The third-order valence-corrected chi connectivity index (χ3v) is 1.12. The smallest absolute Gasteiger partial charge is 0.312 e. The first kappa shape index (κ1) is 12.3. The molecule has 0 radical (unpaired) electrons. The number of hydrogen-bond donors (Lipinski definition) is 0. The summed E-state index contributed by atoms with van der Waals surface area (Å²) in [5.74, 6) is -0.456. The molecule has 0 bridgehead atoms. The van der Waals surface area contributed by atoms with E-state index >= 15 is 0 Å². The maximum Gasteiger partial charge on any atom is 0.312 e. The summed E-state index contributed by atoms with van der Waals surface area (Å²) in [6.07, 6.45) is 3.89. The van der Waals surface area contributed by atoms with Crippen molar-refractivity contribution in [3.63, 3.8) is 0 Å². The lowest BCUT2D eigenvalue weighted by Gasteiger charge is -1.93. The molecule has 0 fully saturated rings. The Bertz CT molecular complexity index is 222. The van der Waals surface area contributed by atoms with Gasteiger partial charge in [0.05, 0.1) is 6.61 Å². The van der Waals surface area contributed by atoms with Crippen LogP contribution in [0.25, 0.3) is 0 Å². The zero-order chi connectivity index (χ0) is 10.6. The molecule has 0 aliphatic heterocycles. The van der Waals surface area contributed by atoms with Gasteiger partial charge in [-0.3, -0.25) is 9.78 Å². The molecule has 0 aromatic carbocycles. The molecule has 0 spiro atoms. The van der Waals surface area contributed by atoms with Gasteiger partial charge in [0.1, 0.15) is 12.7 Å². The average molecular weight is 195 g/mol. The lowest BCUT2D eigenvalue weighted by molar-refractivity contribution is -0.143. The van der Waals surface area contributed by atoms with E-state index < -0.39 is 5.97 Å². The molecule has 4 heteroatoms. The van der Waals surface area contributed by atoms with Crippen LogP contribution < -0.4 is 0 Å². The Labute approximate surface area is 82.9 Å². The summed E-state index contributed by atoms with van der Waals surface area (Å²) in [6.45, 7) is 2.04. The normalized spacial score (nSPS) is 8.07. The molecule has 0 saturated carbocycles. The molecule has 0 atom stereocenters. The highest BCUT2D eigenvalue weighted by molar-refractivity contribution is 5.83. The summed E-state index contributed by atoms with van der Waals surface area (Å²) in [7, 11) is 0. The van der Waals surface area contributed by atoms with Crippen LogP contribution in [0.5, 0.6) is 0 Å². The molecule has 4 nitrogen and oxygen atoms in total. The van der Waals surface area contributed by atoms with E-state index in [0.29, 0.717) is 12.9 Å². The fourth-order valence-electron chi connectivity index (χ4n) is 0.601. The Morgan fingerprint density at radius 2 is 2.00 bits per heavy atom. The number of hydrogen-bond acceptors (Lipinski definition) is 4. The standard InChI is InChI=1S/C5H5N.C5H8O3/c1-2-4-6-5-3-1;1-2-8-5(7)3-4-6/h1-5H;4H,2-3H2,1H3. The number of ether oxygens (including phenoxy) is 1. The van der Waals surface area contributed by atoms with Crippen molar-refractivity contribution >= 4 is 12.3 Å². The number of pyridine rings is 1. The zero-order valence-corrected chi connectivity index (χ0v) is 8.05. The Balaban J connectivity index is 0.000000249. The summed E-state index contributed by atoms with van der Waals surface area (Å²) in [6, 6.07) is 5.72. The van der Waals surface area contributed by atoms with Crippen LogP contribution in [0.3, 0.4) is 0 Å². The van der Waals surface area contributed by atoms with Crippen LogP contribution in [-0.4, -0.2) is 23.8 Å². The van der Waals surface area contributed by atoms with E-state index in [1.807, 2.05) is 18.2 Å². The van der Waals surface area contributed by atoms with Crippen LogP contribution in [0.15, 0.2) is 30.6 Å². The molecular weight excluding hydrogens is 182 g/mol. The highest BCUT2D eigenvalue weighted by atomic mass is 16.5. The summed E-state index contributed by atoms with van der Waals surface area (Å²) < 4.78 is 4.41. The van der Waals surface area contributed by atoms with E-state index in [1.54, 1.807) is 19.3 Å². The van der Waals surface area contributed by atoms with Crippen LogP contribution in [0.1, 0.15) is 13.3 Å². The molecular formula is C10H13NO3. The van der Waals surface area contributed by atoms with Crippen molar-refractivity contribution < 1.29 is 14.3 Å². The van der Waals surface area contributed by atoms with E-state index in [-0.39, 0.29) is 6.42 Å². The molecule has 0 N–H and O–H groups in total. The summed E-state index contributed by atoms with van der Waals surface area (Å²) >= 11 is 0. The average Bonchev–Trinajstić information content (AvgIpc) is 2.22. The predicted molar refractivity (Wildman–Crippen MR) is 51.6 cm³/mol. The van der Waals surface area contributed by atoms with Crippen LogP contribution >= 0.6 is 0 Å². The van der Waals surface area contributed by atoms with Crippen molar-refractivity contribution in [2.75, 3.05) is 6.61 Å². The Morgan fingerprint density at radius 3 is 2.29 bits per heavy atom. The third kappa shape index (κ3) is 8.39. The minimum absolute atomic E-state index is 0.131. The first-order chi connectivity index (χ1) is 6.81. The fraction of sp³-hybridized carbons (Fsp3) is 0.300. The van der Waals surface area contributed by atoms with Gasteiger partial charge in [-0.05, 0) is 19.1 Å². The van der Waals surface area contributed by atoms with Crippen molar-refractivity contribution in [1.82, 2.24) is 4.98 Å². The molecule has 0 amide bonds. The highest BCUT2D eigenvalue weighted by Crippen LogP contribution is 1.79. The predicted octanol–water partition coefficient (Wildman–Crippen LogP) is 1.22. The van der Waals surface area contributed by atoms with E-state index in [0.717, 1.165) is 0 Å². The number of aromatic nitrogens is 1. The Morgan fingerprint density at radius 1 is 1.36 bits per heavy atom. The van der Waals surface area contributed by atoms with E-state index in [9.17, 15) is 9.59 Å². The van der Waals surface area contributed by atoms with E-state index in [4.69, 9.17) is 0 Å². The highest BCUT2D eigenvalue weighted by Gasteiger charge is 1.95. The molecule has 1 heterocycles. The molecule has 14 heavy (non-hydrogen) atoms. The van der Waals surface area contributed by atoms with E-state index in [2.05, 4.69) is 9.72 Å². The maximum atomic E-state index is 10.2. The second kappa shape index (κ2) is 9.38. The van der Waals surface area contributed by atoms with Crippen LogP contribution in [0, 0.1) is 0 Å². The molecule has 1 aromatic rings. The largest absolute Gasteiger partial charge is 0.466 e. The maximum absolute atomic E-state index is 10.2. The molecule has 1 rings (SSSR count). The minimum atomic E-state index is -0.456. The number of carbonyl (C=O) groups is 2. The molecule has 0 aliphatic rings. The molecule has 1 aromatic heterocycles. The molecule has 0 unspecified atom stereocenters. The van der Waals surface area contributed by atoms with Gasteiger partial charge in [0, 0.05) is 12.4 Å². The topological polar surface area (TPSA) is 56.3 Å². The monoisotopic (exact) mass is 195 g/mol. The van der Waals surface area contributed by atoms with Crippen molar-refractivity contribution in [3.05, 3.63) is 30.6 Å². The lowest BCUT2D eigenvalue weighted by Crippen LogP contribution is -2.03. The van der Waals surface area contributed by atoms with Gasteiger partial charge in [0.15, 0.2) is 0 Å². The lowest BCUT2D eigenvalue weighted by atomic mass is 10.5. The Kier molecular flexibility index (Phi) is 8.23. The van der Waals surface area contributed by atoms with Crippen molar-refractivity contribution in [2.24, 2.45) is 0 Å². The minimum Gasteiger partial charge on any atom is -0.466 e. The number of rotatable bonds is 3. The fourth-order valence-corrected chi connectivity index (χ4v) is 0.601. The van der Waals surface area contributed by atoms with Crippen molar-refractivity contribution in [1.29, 1.82) is 0 Å². The summed E-state index contributed by atoms with van der Waals surface area (Å²) in [5.41, 5.74) is 0. The zero-order valence-electron chi connectivity index (χ0n) is 8.05. The van der Waals surface area contributed by atoms with Crippen molar-refractivity contribution in [2.45, 2.75) is 13.3 Å². The molecule has 0 saturated heterocycles. The van der Waals surface area contributed by atoms with Gasteiger partial charge in [-0.25, -0.2) is 0 Å². The summed E-state index contributed by atoms with van der Waals surface area (Å²) in [4.78, 5) is 23.6. The third-order valence-electron chi connectivity index (χ3n) is 1.12. The van der Waals surface area contributed by atoms with Gasteiger partial charge < -0.3 is 9.53 Å². The second-order valence-electron chi connectivity index (χ2n) is 2.20. The van der Waals surface area contributed by atoms with Gasteiger partial charge >= 0.3 is 5.97 Å². The first-order valence-corrected chi connectivity index (χ1v) is 4.25.